The second kappa shape index (κ2) is 4.26. The van der Waals surface area contributed by atoms with Crippen LogP contribution in [-0.4, -0.2) is 49.0 Å². The highest BCUT2D eigenvalue weighted by atomic mass is 32.1. The number of carbonyl (C=O) groups excluding carboxylic acids is 1. The van der Waals surface area contributed by atoms with Gasteiger partial charge in [0.25, 0.3) is 5.91 Å². The van der Waals surface area contributed by atoms with Crippen molar-refractivity contribution >= 4 is 28.2 Å². The number of thiazole rings is 1. The number of nitrogen functional groups attached to an aromatic ring is 1. The number of rotatable bonds is 2. The molecule has 0 aromatic carbocycles. The average molecular weight is 241 g/mol. The maximum Gasteiger partial charge on any atom is 0.262 e. The van der Waals surface area contributed by atoms with Gasteiger partial charge in [-0.15, -0.1) is 0 Å². The number of anilines is 2. The summed E-state index contributed by atoms with van der Waals surface area (Å²) >= 11 is 1.27. The van der Waals surface area contributed by atoms with Crippen molar-refractivity contribution in [2.24, 2.45) is 5.73 Å². The van der Waals surface area contributed by atoms with Crippen LogP contribution in [-0.2, 0) is 0 Å². The topological polar surface area (TPSA) is 88.5 Å². The van der Waals surface area contributed by atoms with Crippen LogP contribution in [0.4, 0.5) is 10.9 Å². The number of piperazine rings is 1. The summed E-state index contributed by atoms with van der Waals surface area (Å²) in [6.45, 7) is 3.79. The number of likely N-dealkylation sites (N-methyl/N-ethyl adjacent to an activating group) is 1. The predicted octanol–water partition coefficient (Wildman–Crippen LogP) is -0.424. The molecule has 7 heteroatoms. The quantitative estimate of drug-likeness (QED) is 0.734. The molecule has 1 aliphatic heterocycles. The third-order valence-corrected chi connectivity index (χ3v) is 3.79. The Balaban J connectivity index is 2.15. The molecule has 2 heterocycles. The summed E-state index contributed by atoms with van der Waals surface area (Å²) in [4.78, 5) is 20.0. The van der Waals surface area contributed by atoms with E-state index in [0.717, 1.165) is 31.3 Å². The summed E-state index contributed by atoms with van der Waals surface area (Å²) in [5.74, 6) is -0.262. The third-order valence-electron chi connectivity index (χ3n) is 2.64. The Hall–Kier alpha value is -1.34. The lowest BCUT2D eigenvalue weighted by molar-refractivity contribution is 0.100. The van der Waals surface area contributed by atoms with E-state index in [-0.39, 0.29) is 5.82 Å². The van der Waals surface area contributed by atoms with Crippen LogP contribution in [0.15, 0.2) is 0 Å². The molecule has 0 aliphatic carbocycles. The second-order valence-electron chi connectivity index (χ2n) is 3.87. The van der Waals surface area contributed by atoms with Gasteiger partial charge in [-0.25, -0.2) is 4.98 Å². The molecule has 88 valence electrons. The van der Waals surface area contributed by atoms with Crippen LogP contribution in [0, 0.1) is 0 Å². The zero-order chi connectivity index (χ0) is 11.7. The molecule has 6 nitrogen and oxygen atoms in total. The summed E-state index contributed by atoms with van der Waals surface area (Å²) in [7, 11) is 2.09. The lowest BCUT2D eigenvalue weighted by Crippen LogP contribution is -2.44. The molecule has 1 aliphatic rings. The van der Waals surface area contributed by atoms with E-state index >= 15 is 0 Å². The van der Waals surface area contributed by atoms with Crippen LogP contribution >= 0.6 is 11.3 Å². The molecule has 0 bridgehead atoms. The number of amides is 1. The van der Waals surface area contributed by atoms with E-state index in [2.05, 4.69) is 21.8 Å². The lowest BCUT2D eigenvalue weighted by Gasteiger charge is -2.31. The minimum atomic E-state index is -0.504. The molecular weight excluding hydrogens is 226 g/mol. The first kappa shape index (κ1) is 11.2. The lowest BCUT2D eigenvalue weighted by atomic mass is 10.3. The minimum absolute atomic E-state index is 0.242. The number of hydrogen-bond acceptors (Lipinski definition) is 6. The zero-order valence-electron chi connectivity index (χ0n) is 9.14. The smallest absolute Gasteiger partial charge is 0.262 e. The van der Waals surface area contributed by atoms with Gasteiger partial charge in [0.15, 0.2) is 5.13 Å². The molecule has 0 spiro atoms. The van der Waals surface area contributed by atoms with Crippen LogP contribution in [0.1, 0.15) is 9.67 Å². The van der Waals surface area contributed by atoms with Crippen molar-refractivity contribution in [1.29, 1.82) is 0 Å². The van der Waals surface area contributed by atoms with E-state index < -0.39 is 5.91 Å². The molecule has 0 saturated carbocycles. The van der Waals surface area contributed by atoms with Crippen molar-refractivity contribution in [2.45, 2.75) is 0 Å². The fourth-order valence-corrected chi connectivity index (χ4v) is 2.52. The Kier molecular flexibility index (Phi) is 2.97. The van der Waals surface area contributed by atoms with Crippen LogP contribution < -0.4 is 16.4 Å². The zero-order valence-corrected chi connectivity index (χ0v) is 9.96. The van der Waals surface area contributed by atoms with Gasteiger partial charge in [-0.1, -0.05) is 11.3 Å². The van der Waals surface area contributed by atoms with Gasteiger partial charge in [-0.2, -0.15) is 0 Å². The minimum Gasteiger partial charge on any atom is -0.382 e. The maximum atomic E-state index is 11.1. The summed E-state index contributed by atoms with van der Waals surface area (Å²) < 4.78 is 0. The van der Waals surface area contributed by atoms with Gasteiger partial charge >= 0.3 is 0 Å². The van der Waals surface area contributed by atoms with Crippen molar-refractivity contribution in [3.05, 3.63) is 4.88 Å². The van der Waals surface area contributed by atoms with E-state index in [1.807, 2.05) is 0 Å². The largest absolute Gasteiger partial charge is 0.382 e. The highest BCUT2D eigenvalue weighted by Gasteiger charge is 2.20. The highest BCUT2D eigenvalue weighted by molar-refractivity contribution is 7.18. The number of aromatic nitrogens is 1. The van der Waals surface area contributed by atoms with Gasteiger partial charge in [-0.05, 0) is 7.05 Å². The number of nitrogens with zero attached hydrogens (tertiary/aromatic N) is 3. The van der Waals surface area contributed by atoms with E-state index in [4.69, 9.17) is 11.5 Å². The van der Waals surface area contributed by atoms with Crippen LogP contribution in [0.3, 0.4) is 0 Å². The molecule has 1 amide bonds. The Morgan fingerprint density at radius 2 is 2.00 bits per heavy atom. The molecule has 1 aromatic heterocycles. The Labute approximate surface area is 97.8 Å². The molecule has 1 fully saturated rings. The molecule has 4 N–H and O–H groups in total. The molecule has 1 aromatic rings. The van der Waals surface area contributed by atoms with Gasteiger partial charge in [0.2, 0.25) is 0 Å². The molecule has 0 radical (unpaired) electrons. The van der Waals surface area contributed by atoms with Gasteiger partial charge < -0.3 is 21.3 Å². The van der Waals surface area contributed by atoms with Gasteiger partial charge in [0, 0.05) is 26.2 Å². The average Bonchev–Trinajstić information content (AvgIpc) is 2.61. The fourth-order valence-electron chi connectivity index (χ4n) is 1.63. The van der Waals surface area contributed by atoms with E-state index in [0.29, 0.717) is 4.88 Å². The standard InChI is InChI=1S/C9H15N5OS/c1-13-2-4-14(5-3-13)9-12-7(10)6(16-9)8(11)15/h2-5,10H2,1H3,(H2,11,15). The number of primary amides is 1. The van der Waals surface area contributed by atoms with E-state index in [9.17, 15) is 4.79 Å². The van der Waals surface area contributed by atoms with Gasteiger partial charge in [-0.3, -0.25) is 4.79 Å². The monoisotopic (exact) mass is 241 g/mol. The van der Waals surface area contributed by atoms with E-state index in [1.54, 1.807) is 0 Å². The first-order chi connectivity index (χ1) is 7.58. The molecule has 0 atom stereocenters. The molecule has 2 rings (SSSR count). The van der Waals surface area contributed by atoms with Crippen LogP contribution in [0.5, 0.6) is 0 Å². The maximum absolute atomic E-state index is 11.1. The summed E-state index contributed by atoms with van der Waals surface area (Å²) in [6.07, 6.45) is 0. The highest BCUT2D eigenvalue weighted by Crippen LogP contribution is 2.28. The summed E-state index contributed by atoms with van der Waals surface area (Å²) in [5, 5.41) is 0.791. The summed E-state index contributed by atoms with van der Waals surface area (Å²) in [5.41, 5.74) is 10.8. The molecular formula is C9H15N5OS. The molecule has 1 saturated heterocycles. The first-order valence-electron chi connectivity index (χ1n) is 5.07. The molecule has 0 unspecified atom stereocenters. The van der Waals surface area contributed by atoms with Crippen LogP contribution in [0.2, 0.25) is 0 Å². The fraction of sp³-hybridized carbons (Fsp3) is 0.556. The van der Waals surface area contributed by atoms with Crippen molar-refractivity contribution in [2.75, 3.05) is 43.9 Å². The first-order valence-corrected chi connectivity index (χ1v) is 5.89. The Bertz CT molecular complexity index is 397. The van der Waals surface area contributed by atoms with Crippen molar-refractivity contribution in [3.8, 4) is 0 Å². The number of hydrogen-bond donors (Lipinski definition) is 2. The Morgan fingerprint density at radius 1 is 1.38 bits per heavy atom. The van der Waals surface area contributed by atoms with E-state index in [1.165, 1.54) is 11.3 Å². The number of nitrogens with two attached hydrogens (primary N) is 2. The SMILES string of the molecule is CN1CCN(c2nc(N)c(C(N)=O)s2)CC1. The molecule has 16 heavy (non-hydrogen) atoms. The van der Waals surface area contributed by atoms with Crippen molar-refractivity contribution in [3.63, 3.8) is 0 Å². The van der Waals surface area contributed by atoms with Crippen molar-refractivity contribution in [1.82, 2.24) is 9.88 Å². The second-order valence-corrected chi connectivity index (χ2v) is 4.84. The summed E-state index contributed by atoms with van der Waals surface area (Å²) in [6, 6.07) is 0. The third kappa shape index (κ3) is 2.10. The normalized spacial score (nSPS) is 17.7. The van der Waals surface area contributed by atoms with Crippen LogP contribution in [0.25, 0.3) is 0 Å². The Morgan fingerprint density at radius 3 is 2.50 bits per heavy atom. The predicted molar refractivity (Wildman–Crippen MR) is 64.8 cm³/mol. The van der Waals surface area contributed by atoms with Gasteiger partial charge in [0.05, 0.1) is 0 Å². The number of carbonyl (C=O) groups is 1. The van der Waals surface area contributed by atoms with Crippen molar-refractivity contribution < 1.29 is 4.79 Å². The van der Waals surface area contributed by atoms with Gasteiger partial charge in [0.1, 0.15) is 10.7 Å².